The summed E-state index contributed by atoms with van der Waals surface area (Å²) in [5.74, 6) is 0.486. The number of nitrogens with zero attached hydrogens (tertiary/aromatic N) is 2. The van der Waals surface area contributed by atoms with E-state index in [1.165, 1.54) is 12.3 Å². The zero-order valence-electron chi connectivity index (χ0n) is 12.6. The molecule has 0 aliphatic carbocycles. The van der Waals surface area contributed by atoms with Gasteiger partial charge in [0, 0.05) is 12.6 Å². The number of hydrazine groups is 1. The van der Waals surface area contributed by atoms with E-state index < -0.39 is 4.92 Å². The van der Waals surface area contributed by atoms with Gasteiger partial charge in [0.2, 0.25) is 0 Å². The fourth-order valence-electron chi connectivity index (χ4n) is 2.33. The van der Waals surface area contributed by atoms with Gasteiger partial charge in [-0.15, -0.1) is 0 Å². The highest BCUT2D eigenvalue weighted by atomic mass is 16.6. The van der Waals surface area contributed by atoms with Crippen molar-refractivity contribution in [3.63, 3.8) is 0 Å². The number of hydrogen-bond donors (Lipinski definition) is 3. The Morgan fingerprint density at radius 2 is 2.21 bits per heavy atom. The van der Waals surface area contributed by atoms with Crippen LogP contribution in [-0.2, 0) is 4.79 Å². The molecule has 1 atom stereocenters. The Balaban J connectivity index is 1.68. The molecule has 3 N–H and O–H groups in total. The molecule has 0 saturated carbocycles. The number of nitro groups is 1. The first-order valence-electron chi connectivity index (χ1n) is 7.30. The number of rotatable bonds is 5. The summed E-state index contributed by atoms with van der Waals surface area (Å²) in [6.07, 6.45) is 2.03. The Bertz CT molecular complexity index is 780. The number of nitrogens with one attached hydrogen (secondary N) is 3. The average Bonchev–Trinajstić information content (AvgIpc) is 3.26. The maximum absolute atomic E-state index is 11.7. The molecule has 1 aliphatic rings. The molecule has 3 rings (SSSR count). The zero-order valence-corrected chi connectivity index (χ0v) is 12.6. The first-order valence-corrected chi connectivity index (χ1v) is 7.30. The SMILES string of the molecule is O=C(N/N=C/c1ccc(-c2ccccc2[N+](=O)[O-])o1)C1CCNN1. The molecule has 1 aromatic carbocycles. The van der Waals surface area contributed by atoms with Crippen LogP contribution in [0, 0.1) is 10.1 Å². The molecule has 0 spiro atoms. The molecular weight excluding hydrogens is 314 g/mol. The van der Waals surface area contributed by atoms with Crippen LogP contribution < -0.4 is 16.3 Å². The summed E-state index contributed by atoms with van der Waals surface area (Å²) in [5, 5.41) is 14.9. The van der Waals surface area contributed by atoms with E-state index in [0.717, 1.165) is 6.54 Å². The third kappa shape index (κ3) is 3.47. The Morgan fingerprint density at radius 3 is 2.96 bits per heavy atom. The number of amides is 1. The first kappa shape index (κ1) is 15.8. The van der Waals surface area contributed by atoms with Crippen molar-refractivity contribution in [1.82, 2.24) is 16.3 Å². The van der Waals surface area contributed by atoms with Crippen LogP contribution in [0.25, 0.3) is 11.3 Å². The fourth-order valence-corrected chi connectivity index (χ4v) is 2.33. The van der Waals surface area contributed by atoms with Crippen molar-refractivity contribution in [3.8, 4) is 11.3 Å². The average molecular weight is 329 g/mol. The van der Waals surface area contributed by atoms with Crippen LogP contribution in [0.5, 0.6) is 0 Å². The van der Waals surface area contributed by atoms with Crippen LogP contribution in [0.1, 0.15) is 12.2 Å². The van der Waals surface area contributed by atoms with Crippen molar-refractivity contribution < 1.29 is 14.1 Å². The lowest BCUT2D eigenvalue weighted by Crippen LogP contribution is -2.41. The van der Waals surface area contributed by atoms with Crippen molar-refractivity contribution in [2.75, 3.05) is 6.54 Å². The molecular formula is C15H15N5O4. The van der Waals surface area contributed by atoms with Crippen molar-refractivity contribution in [3.05, 3.63) is 52.3 Å². The second-order valence-electron chi connectivity index (χ2n) is 5.12. The maximum Gasteiger partial charge on any atom is 0.280 e. The highest BCUT2D eigenvalue weighted by Crippen LogP contribution is 2.30. The normalized spacial score (nSPS) is 17.2. The lowest BCUT2D eigenvalue weighted by atomic mass is 10.1. The summed E-state index contributed by atoms with van der Waals surface area (Å²) < 4.78 is 5.53. The molecule has 1 aromatic heterocycles. The van der Waals surface area contributed by atoms with E-state index in [4.69, 9.17) is 4.42 Å². The second-order valence-corrected chi connectivity index (χ2v) is 5.12. The number of carbonyl (C=O) groups is 1. The molecule has 1 fully saturated rings. The summed E-state index contributed by atoms with van der Waals surface area (Å²) in [4.78, 5) is 22.3. The standard InChI is InChI=1S/C15H15N5O4/c21-15(12-7-8-16-18-12)19-17-9-10-5-6-14(24-10)11-3-1-2-4-13(11)20(22)23/h1-6,9,12,16,18H,7-8H2,(H,19,21)/b17-9+. The van der Waals surface area contributed by atoms with Gasteiger partial charge in [0.05, 0.1) is 16.7 Å². The van der Waals surface area contributed by atoms with E-state index in [9.17, 15) is 14.9 Å². The van der Waals surface area contributed by atoms with Gasteiger partial charge in [0.25, 0.3) is 11.6 Å². The second kappa shape index (κ2) is 7.02. The third-order valence-corrected chi connectivity index (χ3v) is 3.51. The molecule has 0 bridgehead atoms. The van der Waals surface area contributed by atoms with Gasteiger partial charge >= 0.3 is 0 Å². The van der Waals surface area contributed by atoms with Gasteiger partial charge < -0.3 is 4.42 Å². The molecule has 1 amide bonds. The van der Waals surface area contributed by atoms with Gasteiger partial charge in [-0.25, -0.2) is 10.9 Å². The van der Waals surface area contributed by atoms with E-state index in [-0.39, 0.29) is 17.6 Å². The van der Waals surface area contributed by atoms with Gasteiger partial charge in [-0.1, -0.05) is 12.1 Å². The number of carbonyl (C=O) groups excluding carboxylic acids is 1. The lowest BCUT2D eigenvalue weighted by molar-refractivity contribution is -0.384. The third-order valence-electron chi connectivity index (χ3n) is 3.51. The van der Waals surface area contributed by atoms with E-state index in [2.05, 4.69) is 21.4 Å². The number of para-hydroxylation sites is 1. The number of hydrogen-bond acceptors (Lipinski definition) is 7. The van der Waals surface area contributed by atoms with E-state index >= 15 is 0 Å². The largest absolute Gasteiger partial charge is 0.455 e. The summed E-state index contributed by atoms with van der Waals surface area (Å²) in [6, 6.07) is 9.23. The smallest absolute Gasteiger partial charge is 0.280 e. The van der Waals surface area contributed by atoms with Crippen molar-refractivity contribution in [2.45, 2.75) is 12.5 Å². The van der Waals surface area contributed by atoms with Gasteiger partial charge in [-0.2, -0.15) is 5.10 Å². The topological polar surface area (TPSA) is 122 Å². The molecule has 2 heterocycles. The molecule has 2 aromatic rings. The molecule has 9 heteroatoms. The zero-order chi connectivity index (χ0) is 16.9. The van der Waals surface area contributed by atoms with E-state index in [1.54, 1.807) is 30.3 Å². The predicted molar refractivity (Wildman–Crippen MR) is 86.1 cm³/mol. The van der Waals surface area contributed by atoms with Crippen molar-refractivity contribution in [2.24, 2.45) is 5.10 Å². The molecule has 1 aliphatic heterocycles. The quantitative estimate of drug-likeness (QED) is 0.430. The van der Waals surface area contributed by atoms with Crippen LogP contribution in [-0.4, -0.2) is 29.6 Å². The maximum atomic E-state index is 11.7. The first-order chi connectivity index (χ1) is 11.6. The predicted octanol–water partition coefficient (Wildman–Crippen LogP) is 1.17. The van der Waals surface area contributed by atoms with Crippen LogP contribution in [0.15, 0.2) is 45.9 Å². The minimum atomic E-state index is -0.464. The minimum absolute atomic E-state index is 0.0385. The number of benzene rings is 1. The molecule has 0 radical (unpaired) electrons. The summed E-state index contributed by atoms with van der Waals surface area (Å²) in [5.41, 5.74) is 8.44. The molecule has 24 heavy (non-hydrogen) atoms. The lowest BCUT2D eigenvalue weighted by Gasteiger charge is -2.05. The summed E-state index contributed by atoms with van der Waals surface area (Å²) in [7, 11) is 0. The van der Waals surface area contributed by atoms with Crippen molar-refractivity contribution >= 4 is 17.8 Å². The van der Waals surface area contributed by atoms with Crippen LogP contribution in [0.2, 0.25) is 0 Å². The monoisotopic (exact) mass is 329 g/mol. The van der Waals surface area contributed by atoms with Crippen LogP contribution in [0.4, 0.5) is 5.69 Å². The minimum Gasteiger partial charge on any atom is -0.455 e. The summed E-state index contributed by atoms with van der Waals surface area (Å²) >= 11 is 0. The highest BCUT2D eigenvalue weighted by Gasteiger charge is 2.21. The Labute approximate surface area is 136 Å². The Kier molecular flexibility index (Phi) is 4.64. The molecule has 1 saturated heterocycles. The number of hydrazone groups is 1. The molecule has 124 valence electrons. The highest BCUT2D eigenvalue weighted by molar-refractivity contribution is 5.84. The Morgan fingerprint density at radius 1 is 1.38 bits per heavy atom. The van der Waals surface area contributed by atoms with Crippen LogP contribution in [0.3, 0.4) is 0 Å². The fraction of sp³-hybridized carbons (Fsp3) is 0.200. The van der Waals surface area contributed by atoms with Gasteiger partial charge in [0.1, 0.15) is 17.6 Å². The van der Waals surface area contributed by atoms with Gasteiger partial charge in [-0.05, 0) is 24.6 Å². The van der Waals surface area contributed by atoms with E-state index in [1.807, 2.05) is 0 Å². The van der Waals surface area contributed by atoms with Crippen molar-refractivity contribution in [1.29, 1.82) is 0 Å². The molecule has 9 nitrogen and oxygen atoms in total. The summed E-state index contributed by atoms with van der Waals surface area (Å²) in [6.45, 7) is 0.721. The molecule has 1 unspecified atom stereocenters. The van der Waals surface area contributed by atoms with Gasteiger partial charge in [-0.3, -0.25) is 20.3 Å². The Hall–Kier alpha value is -3.04. The van der Waals surface area contributed by atoms with E-state index in [0.29, 0.717) is 23.5 Å². The van der Waals surface area contributed by atoms with Gasteiger partial charge in [0.15, 0.2) is 0 Å². The van der Waals surface area contributed by atoms with Crippen LogP contribution >= 0.6 is 0 Å². The number of nitro benzene ring substituents is 1. The number of furan rings is 1.